The number of rotatable bonds is 5. The van der Waals surface area contributed by atoms with Crippen LogP contribution in [0.25, 0.3) is 0 Å². The van der Waals surface area contributed by atoms with Gasteiger partial charge in [0.15, 0.2) is 0 Å². The molecule has 1 amide bonds. The second-order valence-electron chi connectivity index (χ2n) is 4.67. The van der Waals surface area contributed by atoms with Crippen molar-refractivity contribution in [3.63, 3.8) is 0 Å². The summed E-state index contributed by atoms with van der Waals surface area (Å²) in [7, 11) is 0. The summed E-state index contributed by atoms with van der Waals surface area (Å²) in [4.78, 5) is 22.5. The third-order valence-electron chi connectivity index (χ3n) is 3.02. The maximum atomic E-state index is 12.1. The number of nitrogens with zero attached hydrogens (tertiary/aromatic N) is 2. The Bertz CT molecular complexity index is 906. The Hall–Kier alpha value is -3.08. The summed E-state index contributed by atoms with van der Waals surface area (Å²) in [6.45, 7) is 0. The van der Waals surface area contributed by atoms with Crippen molar-refractivity contribution in [2.75, 3.05) is 10.6 Å². The lowest BCUT2D eigenvalue weighted by Gasteiger charge is -2.06. The number of nitro groups is 1. The largest absolute Gasteiger partial charge is 0.360 e. The molecule has 0 aromatic heterocycles. The van der Waals surface area contributed by atoms with Crippen LogP contribution >= 0.6 is 23.2 Å². The molecular weight excluding hydrogens is 367 g/mol. The van der Waals surface area contributed by atoms with Gasteiger partial charge in [-0.15, -0.1) is 0 Å². The minimum absolute atomic E-state index is 0.00631. The van der Waals surface area contributed by atoms with E-state index in [0.717, 1.165) is 0 Å². The topological polar surface area (TPSA) is 108 Å². The lowest BCUT2D eigenvalue weighted by molar-refractivity contribution is -0.383. The van der Waals surface area contributed by atoms with Crippen molar-refractivity contribution in [1.82, 2.24) is 0 Å². The molecule has 0 unspecified atom stereocenters. The van der Waals surface area contributed by atoms with E-state index in [1.54, 1.807) is 18.2 Å². The van der Waals surface area contributed by atoms with Crippen molar-refractivity contribution >= 4 is 46.2 Å². The van der Waals surface area contributed by atoms with E-state index in [-0.39, 0.29) is 16.9 Å². The van der Waals surface area contributed by atoms with E-state index < -0.39 is 10.8 Å². The lowest BCUT2D eigenvalue weighted by atomic mass is 10.2. The maximum absolute atomic E-state index is 12.1. The van der Waals surface area contributed by atoms with E-state index in [2.05, 4.69) is 10.6 Å². The fourth-order valence-corrected chi connectivity index (χ4v) is 2.12. The van der Waals surface area contributed by atoms with Crippen molar-refractivity contribution in [1.29, 1.82) is 5.26 Å². The molecule has 2 rings (SSSR count). The fourth-order valence-electron chi connectivity index (χ4n) is 1.82. The van der Waals surface area contributed by atoms with Gasteiger partial charge in [0.25, 0.3) is 11.6 Å². The number of carbonyl (C=O) groups is 1. The van der Waals surface area contributed by atoms with Crippen molar-refractivity contribution in [2.24, 2.45) is 0 Å². The van der Waals surface area contributed by atoms with Gasteiger partial charge in [-0.2, -0.15) is 5.26 Å². The number of carbonyl (C=O) groups excluding carboxylic acids is 1. The molecule has 0 bridgehead atoms. The predicted molar refractivity (Wildman–Crippen MR) is 95.5 cm³/mol. The van der Waals surface area contributed by atoms with Crippen LogP contribution in [0.5, 0.6) is 0 Å². The highest BCUT2D eigenvalue weighted by Gasteiger charge is 2.17. The molecular formula is C16H10Cl2N4O3. The van der Waals surface area contributed by atoms with Crippen LogP contribution in [0.3, 0.4) is 0 Å². The van der Waals surface area contributed by atoms with Crippen LogP contribution < -0.4 is 10.6 Å². The van der Waals surface area contributed by atoms with Crippen molar-refractivity contribution in [2.45, 2.75) is 0 Å². The van der Waals surface area contributed by atoms with Gasteiger partial charge in [-0.3, -0.25) is 14.9 Å². The highest BCUT2D eigenvalue weighted by atomic mass is 35.5. The SMILES string of the molecule is N#C/C(=C/Nc1ccc(Cl)c(Cl)c1)C(=O)Nc1ccccc1[N+](=O)[O-]. The van der Waals surface area contributed by atoms with Gasteiger partial charge in [0, 0.05) is 18.0 Å². The molecule has 2 aromatic carbocycles. The summed E-state index contributed by atoms with van der Waals surface area (Å²) in [5.74, 6) is -0.788. The Balaban J connectivity index is 2.17. The monoisotopic (exact) mass is 376 g/mol. The minimum atomic E-state index is -0.788. The van der Waals surface area contributed by atoms with Crippen LogP contribution in [-0.4, -0.2) is 10.8 Å². The summed E-state index contributed by atoms with van der Waals surface area (Å²) in [6, 6.07) is 12.0. The number of hydrogen-bond donors (Lipinski definition) is 2. The first kappa shape index (κ1) is 18.3. The fraction of sp³-hybridized carbons (Fsp3) is 0. The number of nitrogens with one attached hydrogen (secondary N) is 2. The molecule has 0 atom stereocenters. The Kier molecular flexibility index (Phi) is 5.95. The number of nitriles is 1. The second-order valence-corrected chi connectivity index (χ2v) is 5.49. The standard InChI is InChI=1S/C16H10Cl2N4O3/c17-12-6-5-11(7-13(12)18)20-9-10(8-19)16(23)21-14-3-1-2-4-15(14)22(24)25/h1-7,9,20H,(H,21,23)/b10-9-. The van der Waals surface area contributed by atoms with Crippen LogP contribution in [0.4, 0.5) is 17.1 Å². The molecule has 0 heterocycles. The van der Waals surface area contributed by atoms with Crippen LogP contribution in [0.15, 0.2) is 54.2 Å². The molecule has 2 aromatic rings. The summed E-state index contributed by atoms with van der Waals surface area (Å²) >= 11 is 11.7. The first-order chi connectivity index (χ1) is 11.9. The van der Waals surface area contributed by atoms with Crippen molar-refractivity contribution < 1.29 is 9.72 Å². The van der Waals surface area contributed by atoms with Crippen LogP contribution in [0.1, 0.15) is 0 Å². The van der Waals surface area contributed by atoms with Gasteiger partial charge in [0.05, 0.1) is 15.0 Å². The van der Waals surface area contributed by atoms with Gasteiger partial charge in [0.1, 0.15) is 17.3 Å². The molecule has 126 valence electrons. The first-order valence-electron chi connectivity index (χ1n) is 6.79. The molecule has 9 heteroatoms. The Morgan fingerprint density at radius 1 is 1.20 bits per heavy atom. The average Bonchev–Trinajstić information content (AvgIpc) is 2.58. The van der Waals surface area contributed by atoms with Gasteiger partial charge in [-0.05, 0) is 24.3 Å². The Morgan fingerprint density at radius 2 is 1.92 bits per heavy atom. The Morgan fingerprint density at radius 3 is 2.56 bits per heavy atom. The number of amides is 1. The third-order valence-corrected chi connectivity index (χ3v) is 3.76. The van der Waals surface area contributed by atoms with Crippen LogP contribution in [0, 0.1) is 21.4 Å². The van der Waals surface area contributed by atoms with Gasteiger partial charge in [-0.1, -0.05) is 35.3 Å². The molecule has 0 aliphatic carbocycles. The number of halogens is 2. The first-order valence-corrected chi connectivity index (χ1v) is 7.54. The summed E-state index contributed by atoms with van der Waals surface area (Å²) in [5, 5.41) is 25.8. The number of benzene rings is 2. The van der Waals surface area contributed by atoms with E-state index in [1.807, 2.05) is 0 Å². The molecule has 0 saturated carbocycles. The molecule has 7 nitrogen and oxygen atoms in total. The summed E-state index contributed by atoms with van der Waals surface area (Å²) in [6.07, 6.45) is 1.17. The maximum Gasteiger partial charge on any atom is 0.292 e. The molecule has 0 aliphatic rings. The zero-order chi connectivity index (χ0) is 18.4. The highest BCUT2D eigenvalue weighted by molar-refractivity contribution is 6.42. The van der Waals surface area contributed by atoms with Gasteiger partial charge >= 0.3 is 0 Å². The van der Waals surface area contributed by atoms with E-state index in [0.29, 0.717) is 15.7 Å². The zero-order valence-electron chi connectivity index (χ0n) is 12.5. The smallest absolute Gasteiger partial charge is 0.292 e. The normalized spacial score (nSPS) is 10.7. The van der Waals surface area contributed by atoms with E-state index in [9.17, 15) is 14.9 Å². The minimum Gasteiger partial charge on any atom is -0.360 e. The van der Waals surface area contributed by atoms with Gasteiger partial charge in [-0.25, -0.2) is 0 Å². The van der Waals surface area contributed by atoms with E-state index in [4.69, 9.17) is 28.5 Å². The van der Waals surface area contributed by atoms with Crippen molar-refractivity contribution in [3.05, 3.63) is 74.4 Å². The molecule has 0 saturated heterocycles. The number of nitro benzene ring substituents is 1. The highest BCUT2D eigenvalue weighted by Crippen LogP contribution is 2.25. The van der Waals surface area contributed by atoms with Crippen LogP contribution in [0.2, 0.25) is 10.0 Å². The lowest BCUT2D eigenvalue weighted by Crippen LogP contribution is -2.15. The van der Waals surface area contributed by atoms with E-state index in [1.165, 1.54) is 36.5 Å². The molecule has 0 aliphatic heterocycles. The molecule has 0 radical (unpaired) electrons. The Labute approximate surface area is 152 Å². The molecule has 25 heavy (non-hydrogen) atoms. The zero-order valence-corrected chi connectivity index (χ0v) is 14.0. The summed E-state index contributed by atoms with van der Waals surface area (Å²) < 4.78 is 0. The predicted octanol–water partition coefficient (Wildman–Crippen LogP) is 4.36. The van der Waals surface area contributed by atoms with Gasteiger partial charge < -0.3 is 10.6 Å². The summed E-state index contributed by atoms with van der Waals surface area (Å²) in [5.41, 5.74) is -0.0383. The average molecular weight is 377 g/mol. The molecule has 0 fully saturated rings. The quantitative estimate of drug-likeness (QED) is 0.348. The van der Waals surface area contributed by atoms with Crippen LogP contribution in [-0.2, 0) is 4.79 Å². The number of anilines is 2. The molecule has 2 N–H and O–H groups in total. The third kappa shape index (κ3) is 4.70. The van der Waals surface area contributed by atoms with Gasteiger partial charge in [0.2, 0.25) is 0 Å². The number of para-hydroxylation sites is 2. The van der Waals surface area contributed by atoms with E-state index >= 15 is 0 Å². The molecule has 0 spiro atoms. The van der Waals surface area contributed by atoms with Crippen molar-refractivity contribution in [3.8, 4) is 6.07 Å². The second kappa shape index (κ2) is 8.15. The number of hydrogen-bond acceptors (Lipinski definition) is 5.